The maximum Gasteiger partial charge on any atom is 0.259 e. The summed E-state index contributed by atoms with van der Waals surface area (Å²) >= 11 is 7.17. The Morgan fingerprint density at radius 1 is 1.10 bits per heavy atom. The Morgan fingerprint density at radius 2 is 1.93 bits per heavy atom. The van der Waals surface area contributed by atoms with Crippen LogP contribution in [0.3, 0.4) is 0 Å². The van der Waals surface area contributed by atoms with Gasteiger partial charge in [-0.05, 0) is 48.0 Å². The molecule has 0 fully saturated rings. The molecule has 0 aliphatic carbocycles. The van der Waals surface area contributed by atoms with Gasteiger partial charge in [-0.15, -0.1) is 0 Å². The lowest BCUT2D eigenvalue weighted by molar-refractivity contribution is -0.128. The molecule has 3 heterocycles. The lowest BCUT2D eigenvalue weighted by Gasteiger charge is -2.25. The average molecular weight is 606 g/mol. The Hall–Kier alpha value is -4.55. The highest BCUT2D eigenvalue weighted by molar-refractivity contribution is 8.14. The first-order chi connectivity index (χ1) is 20.4. The van der Waals surface area contributed by atoms with Crippen LogP contribution in [0.1, 0.15) is 17.5 Å². The number of nitrogens with one attached hydrogen (secondary N) is 2. The number of carbonyl (C=O) groups is 3. The van der Waals surface area contributed by atoms with Crippen LogP contribution < -0.4 is 24.8 Å². The van der Waals surface area contributed by atoms with Gasteiger partial charge >= 0.3 is 0 Å². The van der Waals surface area contributed by atoms with Gasteiger partial charge in [0.25, 0.3) is 5.91 Å². The molecule has 3 aliphatic heterocycles. The van der Waals surface area contributed by atoms with Gasteiger partial charge in [0.15, 0.2) is 16.7 Å². The first-order valence-corrected chi connectivity index (χ1v) is 14.3. The molecule has 1 atom stereocenters. The van der Waals surface area contributed by atoms with Crippen molar-refractivity contribution in [3.8, 4) is 17.2 Å². The first kappa shape index (κ1) is 27.6. The van der Waals surface area contributed by atoms with Gasteiger partial charge in [-0.2, -0.15) is 0 Å². The second-order valence-corrected chi connectivity index (χ2v) is 10.8. The third-order valence-electron chi connectivity index (χ3n) is 6.62. The molecule has 6 rings (SSSR count). The van der Waals surface area contributed by atoms with Crippen LogP contribution in [0.25, 0.3) is 0 Å². The van der Waals surface area contributed by atoms with Crippen LogP contribution in [0.2, 0.25) is 5.02 Å². The maximum absolute atomic E-state index is 13.5. The van der Waals surface area contributed by atoms with Crippen molar-refractivity contribution in [2.24, 2.45) is 9.98 Å². The molecule has 0 bridgehead atoms. The van der Waals surface area contributed by atoms with Crippen LogP contribution in [-0.2, 0) is 20.9 Å². The summed E-state index contributed by atoms with van der Waals surface area (Å²) in [6, 6.07) is 16.7. The van der Waals surface area contributed by atoms with Gasteiger partial charge in [0.05, 0.1) is 30.7 Å². The number of ether oxygens (including phenoxy) is 3. The van der Waals surface area contributed by atoms with Gasteiger partial charge in [0.1, 0.15) is 17.6 Å². The summed E-state index contributed by atoms with van der Waals surface area (Å²) in [4.78, 5) is 49.8. The fourth-order valence-electron chi connectivity index (χ4n) is 4.63. The van der Waals surface area contributed by atoms with Gasteiger partial charge in [-0.3, -0.25) is 19.4 Å². The molecule has 0 saturated heterocycles. The fourth-order valence-corrected chi connectivity index (χ4v) is 5.60. The molecule has 0 spiro atoms. The Kier molecular flexibility index (Phi) is 7.72. The summed E-state index contributed by atoms with van der Waals surface area (Å²) in [7, 11) is 1.50. The lowest BCUT2D eigenvalue weighted by atomic mass is 10.1. The number of hydrogen-bond donors (Lipinski definition) is 2. The van der Waals surface area contributed by atoms with E-state index >= 15 is 0 Å². The number of para-hydroxylation sites is 1. The summed E-state index contributed by atoms with van der Waals surface area (Å²) in [5.41, 5.74) is 2.56. The molecule has 3 aromatic rings. The minimum atomic E-state index is -0.932. The van der Waals surface area contributed by atoms with E-state index in [4.69, 9.17) is 25.8 Å². The number of carbonyl (C=O) groups excluding carboxylic acids is 3. The number of halogens is 1. The highest BCUT2D eigenvalue weighted by Crippen LogP contribution is 2.35. The molecular formula is C29H24ClN5O6S. The molecule has 13 heteroatoms. The quantitative estimate of drug-likeness (QED) is 0.395. The van der Waals surface area contributed by atoms with E-state index in [2.05, 4.69) is 20.6 Å². The van der Waals surface area contributed by atoms with Gasteiger partial charge in [0, 0.05) is 17.1 Å². The summed E-state index contributed by atoms with van der Waals surface area (Å²) in [5.74, 6) is 1.04. The SMILES string of the molecule is COc1ccc(Cl)cc1NC(=O)CSC1=Nc2ccccc2C2=N[C@@H](CC(=O)NCc3ccc4c(c3)OCO4)C(=O)N12. The Balaban J connectivity index is 1.13. The zero-order valence-corrected chi connectivity index (χ0v) is 23.8. The van der Waals surface area contributed by atoms with Crippen LogP contribution in [0.4, 0.5) is 11.4 Å². The molecule has 3 aromatic carbocycles. The Labute approximate surface area is 249 Å². The number of rotatable bonds is 8. The number of methoxy groups -OCH3 is 1. The summed E-state index contributed by atoms with van der Waals surface area (Å²) in [6.45, 7) is 0.425. The predicted molar refractivity (Wildman–Crippen MR) is 159 cm³/mol. The van der Waals surface area contributed by atoms with E-state index in [1.54, 1.807) is 30.3 Å². The van der Waals surface area contributed by atoms with E-state index < -0.39 is 6.04 Å². The molecule has 0 radical (unpaired) electrons. The van der Waals surface area contributed by atoms with E-state index in [1.807, 2.05) is 30.3 Å². The van der Waals surface area contributed by atoms with Crippen molar-refractivity contribution in [3.63, 3.8) is 0 Å². The maximum atomic E-state index is 13.5. The van der Waals surface area contributed by atoms with E-state index in [9.17, 15) is 14.4 Å². The van der Waals surface area contributed by atoms with Crippen LogP contribution >= 0.6 is 23.4 Å². The topological polar surface area (TPSA) is 131 Å². The Bertz CT molecular complexity index is 1660. The third-order valence-corrected chi connectivity index (χ3v) is 7.79. The molecular weight excluding hydrogens is 582 g/mol. The van der Waals surface area contributed by atoms with E-state index in [0.29, 0.717) is 50.2 Å². The number of benzene rings is 3. The predicted octanol–water partition coefficient (Wildman–Crippen LogP) is 4.11. The number of thioether (sulfide) groups is 1. The summed E-state index contributed by atoms with van der Waals surface area (Å²) in [6.07, 6.45) is -0.140. The zero-order valence-electron chi connectivity index (χ0n) is 22.3. The minimum Gasteiger partial charge on any atom is -0.495 e. The van der Waals surface area contributed by atoms with Crippen molar-refractivity contribution < 1.29 is 28.6 Å². The summed E-state index contributed by atoms with van der Waals surface area (Å²) < 4.78 is 16.0. The highest BCUT2D eigenvalue weighted by atomic mass is 35.5. The molecule has 0 aromatic heterocycles. The number of anilines is 1. The normalized spacial score (nSPS) is 16.3. The third kappa shape index (κ3) is 5.63. The van der Waals surface area contributed by atoms with Crippen LogP contribution in [0.15, 0.2) is 70.6 Å². The number of aliphatic imine (C=N–C) groups is 2. The fraction of sp³-hybridized carbons (Fsp3) is 0.207. The second-order valence-electron chi connectivity index (χ2n) is 9.40. The molecule has 214 valence electrons. The number of amidine groups is 2. The van der Waals surface area contributed by atoms with E-state index in [1.165, 1.54) is 12.0 Å². The monoisotopic (exact) mass is 605 g/mol. The van der Waals surface area contributed by atoms with Crippen molar-refractivity contribution in [2.45, 2.75) is 19.0 Å². The van der Waals surface area contributed by atoms with Gasteiger partial charge in [0.2, 0.25) is 18.6 Å². The number of nitrogens with zero attached hydrogens (tertiary/aromatic N) is 3. The van der Waals surface area contributed by atoms with Gasteiger partial charge < -0.3 is 24.8 Å². The lowest BCUT2D eigenvalue weighted by Crippen LogP contribution is -2.42. The van der Waals surface area contributed by atoms with Crippen molar-refractivity contribution in [1.82, 2.24) is 10.2 Å². The average Bonchev–Trinajstić information content (AvgIpc) is 3.59. The van der Waals surface area contributed by atoms with Crippen molar-refractivity contribution >= 4 is 63.5 Å². The largest absolute Gasteiger partial charge is 0.495 e. The van der Waals surface area contributed by atoms with Gasteiger partial charge in [-0.25, -0.2) is 9.89 Å². The molecule has 3 amide bonds. The van der Waals surface area contributed by atoms with Crippen molar-refractivity contribution in [1.29, 1.82) is 0 Å². The smallest absolute Gasteiger partial charge is 0.259 e. The summed E-state index contributed by atoms with van der Waals surface area (Å²) in [5, 5.41) is 6.37. The van der Waals surface area contributed by atoms with Crippen LogP contribution in [-0.4, -0.2) is 59.3 Å². The van der Waals surface area contributed by atoms with Crippen molar-refractivity contribution in [2.75, 3.05) is 25.0 Å². The molecule has 42 heavy (non-hydrogen) atoms. The first-order valence-electron chi connectivity index (χ1n) is 12.9. The molecule has 2 N–H and O–H groups in total. The Morgan fingerprint density at radius 3 is 2.79 bits per heavy atom. The van der Waals surface area contributed by atoms with E-state index in [0.717, 1.165) is 17.3 Å². The number of amides is 3. The number of fused-ring (bicyclic) bond motifs is 4. The molecule has 11 nitrogen and oxygen atoms in total. The number of hydrogen-bond acceptors (Lipinski definition) is 9. The van der Waals surface area contributed by atoms with Crippen LogP contribution in [0, 0.1) is 0 Å². The second kappa shape index (κ2) is 11.7. The standard InChI is InChI=1S/C29H24ClN5O6S/c1-39-22-9-7-17(30)11-20(22)32-26(37)14-42-29-34-19-5-3-2-4-18(19)27-33-21(28(38)35(27)29)12-25(36)31-13-16-6-8-23-24(10-16)41-15-40-23/h2-11,21H,12-15H2,1H3,(H,31,36)(H,32,37)/t21-/m0/s1. The molecule has 0 saturated carbocycles. The van der Waals surface area contributed by atoms with E-state index in [-0.39, 0.29) is 43.2 Å². The highest BCUT2D eigenvalue weighted by Gasteiger charge is 2.42. The van der Waals surface area contributed by atoms with Crippen LogP contribution in [0.5, 0.6) is 17.2 Å². The minimum absolute atomic E-state index is 0.0472. The zero-order chi connectivity index (χ0) is 29.2. The van der Waals surface area contributed by atoms with Crippen molar-refractivity contribution in [3.05, 3.63) is 76.8 Å². The molecule has 0 unspecified atom stereocenters. The molecule has 3 aliphatic rings. The van der Waals surface area contributed by atoms with Gasteiger partial charge in [-0.1, -0.05) is 41.6 Å².